The second-order valence-electron chi connectivity index (χ2n) is 5.41. The molecular formula is C16H24N2O. The molecule has 0 heterocycles. The number of carbonyl (C=O) groups excluding carboxylic acids is 1. The summed E-state index contributed by atoms with van der Waals surface area (Å²) < 4.78 is 0. The van der Waals surface area contributed by atoms with Gasteiger partial charge in [0.2, 0.25) is 5.91 Å². The van der Waals surface area contributed by atoms with Gasteiger partial charge in [-0.2, -0.15) is 0 Å². The summed E-state index contributed by atoms with van der Waals surface area (Å²) in [6, 6.07) is 8.66. The molecule has 0 radical (unpaired) electrons. The first-order valence-electron chi connectivity index (χ1n) is 7.34. The minimum absolute atomic E-state index is 0.0121. The summed E-state index contributed by atoms with van der Waals surface area (Å²) in [5.74, 6) is -0.0121. The van der Waals surface area contributed by atoms with E-state index < -0.39 is 0 Å². The number of rotatable bonds is 4. The zero-order valence-electron chi connectivity index (χ0n) is 11.7. The summed E-state index contributed by atoms with van der Waals surface area (Å²) in [7, 11) is 0. The van der Waals surface area contributed by atoms with E-state index in [1.54, 1.807) is 6.92 Å². The summed E-state index contributed by atoms with van der Waals surface area (Å²) in [6.45, 7) is 2.39. The maximum absolute atomic E-state index is 11.2. The smallest absolute Gasteiger partial charge is 0.221 e. The second-order valence-corrected chi connectivity index (χ2v) is 5.41. The van der Waals surface area contributed by atoms with Crippen LogP contribution in [-0.2, 0) is 11.3 Å². The lowest BCUT2D eigenvalue weighted by atomic mass is 10.1. The van der Waals surface area contributed by atoms with E-state index in [1.807, 2.05) is 18.2 Å². The number of benzene rings is 1. The fraction of sp³-hybridized carbons (Fsp3) is 0.562. The van der Waals surface area contributed by atoms with Gasteiger partial charge in [-0.3, -0.25) is 4.79 Å². The summed E-state index contributed by atoms with van der Waals surface area (Å²) in [4.78, 5) is 11.2. The van der Waals surface area contributed by atoms with Crippen LogP contribution in [0, 0.1) is 0 Å². The van der Waals surface area contributed by atoms with Gasteiger partial charge in [-0.05, 0) is 24.5 Å². The van der Waals surface area contributed by atoms with Crippen molar-refractivity contribution in [2.45, 2.75) is 58.0 Å². The van der Waals surface area contributed by atoms with Crippen molar-refractivity contribution in [3.05, 3.63) is 29.8 Å². The zero-order valence-corrected chi connectivity index (χ0v) is 11.7. The molecule has 3 nitrogen and oxygen atoms in total. The summed E-state index contributed by atoms with van der Waals surface area (Å²) in [5.41, 5.74) is 2.10. The Morgan fingerprint density at radius 3 is 2.53 bits per heavy atom. The molecule has 19 heavy (non-hydrogen) atoms. The van der Waals surface area contributed by atoms with Gasteiger partial charge in [0, 0.05) is 25.2 Å². The standard InChI is InChI=1S/C16H24N2O/c1-13(19)18-16-11-7-6-8-14(16)12-17-15-9-4-2-3-5-10-15/h6-8,11,15,17H,2-5,9-10,12H2,1H3,(H,18,19). The molecule has 104 valence electrons. The molecule has 3 heteroatoms. The van der Waals surface area contributed by atoms with Crippen molar-refractivity contribution in [3.63, 3.8) is 0 Å². The van der Waals surface area contributed by atoms with Crippen molar-refractivity contribution in [2.24, 2.45) is 0 Å². The molecule has 0 spiro atoms. The lowest BCUT2D eigenvalue weighted by Crippen LogP contribution is -2.28. The molecule has 0 bridgehead atoms. The van der Waals surface area contributed by atoms with E-state index in [0.717, 1.165) is 12.2 Å². The number of carbonyl (C=O) groups is 1. The van der Waals surface area contributed by atoms with Gasteiger partial charge in [-0.25, -0.2) is 0 Å². The van der Waals surface area contributed by atoms with Crippen LogP contribution in [0.4, 0.5) is 5.69 Å². The molecule has 0 aromatic heterocycles. The van der Waals surface area contributed by atoms with E-state index in [9.17, 15) is 4.79 Å². The molecule has 1 aliphatic rings. The second kappa shape index (κ2) is 7.29. The molecule has 1 saturated carbocycles. The maximum atomic E-state index is 11.2. The van der Waals surface area contributed by atoms with Crippen LogP contribution in [0.1, 0.15) is 51.0 Å². The van der Waals surface area contributed by atoms with Crippen molar-refractivity contribution in [2.75, 3.05) is 5.32 Å². The SMILES string of the molecule is CC(=O)Nc1ccccc1CNC1CCCCCC1. The molecule has 0 aliphatic heterocycles. The monoisotopic (exact) mass is 260 g/mol. The molecule has 1 fully saturated rings. The Morgan fingerprint density at radius 2 is 1.84 bits per heavy atom. The predicted molar refractivity (Wildman–Crippen MR) is 79.1 cm³/mol. The molecule has 2 rings (SSSR count). The van der Waals surface area contributed by atoms with Gasteiger partial charge < -0.3 is 10.6 Å². The number of nitrogens with one attached hydrogen (secondary N) is 2. The average molecular weight is 260 g/mol. The Bertz CT molecular complexity index is 409. The van der Waals surface area contributed by atoms with Gasteiger partial charge in [0.15, 0.2) is 0 Å². The number of amides is 1. The van der Waals surface area contributed by atoms with Crippen LogP contribution in [-0.4, -0.2) is 11.9 Å². The highest BCUT2D eigenvalue weighted by Crippen LogP contribution is 2.19. The van der Waals surface area contributed by atoms with Crippen LogP contribution < -0.4 is 10.6 Å². The van der Waals surface area contributed by atoms with Gasteiger partial charge in [0.05, 0.1) is 0 Å². The Balaban J connectivity index is 1.92. The molecule has 0 saturated heterocycles. The molecule has 0 unspecified atom stereocenters. The van der Waals surface area contributed by atoms with Crippen molar-refractivity contribution in [1.82, 2.24) is 5.32 Å². The Kier molecular flexibility index (Phi) is 5.40. The van der Waals surface area contributed by atoms with Crippen LogP contribution in [0.25, 0.3) is 0 Å². The number of hydrogen-bond donors (Lipinski definition) is 2. The quantitative estimate of drug-likeness (QED) is 0.814. The van der Waals surface area contributed by atoms with Gasteiger partial charge in [-0.1, -0.05) is 43.9 Å². The van der Waals surface area contributed by atoms with Crippen molar-refractivity contribution >= 4 is 11.6 Å². The first-order chi connectivity index (χ1) is 9.25. The van der Waals surface area contributed by atoms with Crippen LogP contribution in [0.2, 0.25) is 0 Å². The van der Waals surface area contributed by atoms with Crippen molar-refractivity contribution in [1.29, 1.82) is 0 Å². The lowest BCUT2D eigenvalue weighted by Gasteiger charge is -2.17. The molecule has 0 atom stereocenters. The summed E-state index contributed by atoms with van der Waals surface area (Å²) in [6.07, 6.45) is 7.99. The minimum Gasteiger partial charge on any atom is -0.326 e. The van der Waals surface area contributed by atoms with Gasteiger partial charge in [-0.15, -0.1) is 0 Å². The van der Waals surface area contributed by atoms with Crippen molar-refractivity contribution in [3.8, 4) is 0 Å². The Labute approximate surface area is 115 Å². The van der Waals surface area contributed by atoms with E-state index in [0.29, 0.717) is 6.04 Å². The molecular weight excluding hydrogens is 236 g/mol. The van der Waals surface area contributed by atoms with E-state index in [-0.39, 0.29) is 5.91 Å². The average Bonchev–Trinajstić information content (AvgIpc) is 2.65. The van der Waals surface area contributed by atoms with E-state index >= 15 is 0 Å². The summed E-state index contributed by atoms with van der Waals surface area (Å²) in [5, 5.41) is 6.53. The molecule has 1 aromatic rings. The highest BCUT2D eigenvalue weighted by atomic mass is 16.1. The van der Waals surface area contributed by atoms with Crippen LogP contribution in [0.15, 0.2) is 24.3 Å². The summed E-state index contributed by atoms with van der Waals surface area (Å²) >= 11 is 0. The van der Waals surface area contributed by atoms with Gasteiger partial charge in [0.1, 0.15) is 0 Å². The third kappa shape index (κ3) is 4.67. The van der Waals surface area contributed by atoms with Crippen LogP contribution in [0.5, 0.6) is 0 Å². The van der Waals surface area contributed by atoms with Gasteiger partial charge >= 0.3 is 0 Å². The third-order valence-corrected chi connectivity index (χ3v) is 3.76. The fourth-order valence-electron chi connectivity index (χ4n) is 2.72. The minimum atomic E-state index is -0.0121. The van der Waals surface area contributed by atoms with E-state index in [1.165, 1.54) is 44.1 Å². The Hall–Kier alpha value is -1.35. The number of hydrogen-bond acceptors (Lipinski definition) is 2. The first-order valence-corrected chi connectivity index (χ1v) is 7.34. The third-order valence-electron chi connectivity index (χ3n) is 3.76. The largest absolute Gasteiger partial charge is 0.326 e. The molecule has 1 amide bonds. The topological polar surface area (TPSA) is 41.1 Å². The van der Waals surface area contributed by atoms with Gasteiger partial charge in [0.25, 0.3) is 0 Å². The Morgan fingerprint density at radius 1 is 1.16 bits per heavy atom. The highest BCUT2D eigenvalue weighted by molar-refractivity contribution is 5.89. The molecule has 1 aromatic carbocycles. The lowest BCUT2D eigenvalue weighted by molar-refractivity contribution is -0.114. The zero-order chi connectivity index (χ0) is 13.5. The highest BCUT2D eigenvalue weighted by Gasteiger charge is 2.12. The molecule has 1 aliphatic carbocycles. The maximum Gasteiger partial charge on any atom is 0.221 e. The number of para-hydroxylation sites is 1. The predicted octanol–water partition coefficient (Wildman–Crippen LogP) is 3.46. The fourth-order valence-corrected chi connectivity index (χ4v) is 2.72. The number of anilines is 1. The first kappa shape index (κ1) is 14.1. The molecule has 2 N–H and O–H groups in total. The van der Waals surface area contributed by atoms with Crippen LogP contribution in [0.3, 0.4) is 0 Å². The van der Waals surface area contributed by atoms with Crippen LogP contribution >= 0.6 is 0 Å². The normalized spacial score (nSPS) is 16.9. The van der Waals surface area contributed by atoms with E-state index in [4.69, 9.17) is 0 Å². The van der Waals surface area contributed by atoms with E-state index in [2.05, 4.69) is 16.7 Å². The van der Waals surface area contributed by atoms with Crippen molar-refractivity contribution < 1.29 is 4.79 Å².